The van der Waals surface area contributed by atoms with Crippen molar-refractivity contribution in [2.24, 2.45) is 0 Å². The average molecular weight is 507 g/mol. The van der Waals surface area contributed by atoms with Gasteiger partial charge in [-0.3, -0.25) is 9.69 Å². The van der Waals surface area contributed by atoms with E-state index < -0.39 is 6.16 Å². The van der Waals surface area contributed by atoms with E-state index in [-0.39, 0.29) is 23.9 Å². The molecule has 5 rings (SSSR count). The Labute approximate surface area is 214 Å². The highest BCUT2D eigenvalue weighted by atomic mass is 32.1. The quantitative estimate of drug-likeness (QED) is 0.508. The fourth-order valence-electron chi connectivity index (χ4n) is 5.26. The highest BCUT2D eigenvalue weighted by molar-refractivity contribution is 7.17. The number of amides is 1. The molecule has 8 nitrogen and oxygen atoms in total. The zero-order chi connectivity index (χ0) is 25.2. The number of hydrogen-bond acceptors (Lipinski definition) is 7. The van der Waals surface area contributed by atoms with Crippen LogP contribution < -0.4 is 9.64 Å². The average Bonchev–Trinajstić information content (AvgIpc) is 3.35. The molecule has 0 bridgehead atoms. The van der Waals surface area contributed by atoms with Gasteiger partial charge in [0.05, 0.1) is 18.4 Å². The molecular formula is C27H30N4O4S. The van der Waals surface area contributed by atoms with Gasteiger partial charge in [0.1, 0.15) is 0 Å². The Hall–Kier alpha value is -3.43. The van der Waals surface area contributed by atoms with Crippen LogP contribution in [-0.2, 0) is 4.79 Å². The van der Waals surface area contributed by atoms with Gasteiger partial charge in [-0.1, -0.05) is 18.2 Å². The Bertz CT molecular complexity index is 1280. The van der Waals surface area contributed by atoms with E-state index in [4.69, 9.17) is 5.11 Å². The normalized spacial score (nSPS) is 20.9. The zero-order valence-corrected chi connectivity index (χ0v) is 21.3. The number of thiophene rings is 1. The number of carboxylic acid groups (broad SMARTS) is 1. The molecule has 0 radical (unpaired) electrons. The van der Waals surface area contributed by atoms with E-state index in [0.717, 1.165) is 31.7 Å². The SMILES string of the molecule is C[C@@H]1CN(c2ccc(OC(=O)O)nc2)C[C@H](C)N1CC(=O)N1CC=C(c2cccc3sccc23)CC1. The van der Waals surface area contributed by atoms with E-state index in [1.807, 2.05) is 11.0 Å². The fourth-order valence-corrected chi connectivity index (χ4v) is 6.07. The molecule has 9 heteroatoms. The summed E-state index contributed by atoms with van der Waals surface area (Å²) in [6.45, 7) is 7.59. The number of pyridine rings is 1. The topological polar surface area (TPSA) is 86.2 Å². The fraction of sp³-hybridized carbons (Fsp3) is 0.370. The van der Waals surface area contributed by atoms with Crippen molar-refractivity contribution in [3.05, 3.63) is 59.6 Å². The molecule has 1 aromatic carbocycles. The summed E-state index contributed by atoms with van der Waals surface area (Å²) in [5, 5.41) is 12.2. The lowest BCUT2D eigenvalue weighted by Gasteiger charge is -2.45. The summed E-state index contributed by atoms with van der Waals surface area (Å²) in [7, 11) is 0. The number of hydrogen-bond donors (Lipinski definition) is 1. The van der Waals surface area contributed by atoms with E-state index in [0.29, 0.717) is 13.1 Å². The molecule has 1 amide bonds. The van der Waals surface area contributed by atoms with Crippen LogP contribution in [0.5, 0.6) is 5.88 Å². The third-order valence-corrected chi connectivity index (χ3v) is 7.98. The van der Waals surface area contributed by atoms with Gasteiger partial charge in [0.15, 0.2) is 0 Å². The number of anilines is 1. The van der Waals surface area contributed by atoms with Crippen molar-refractivity contribution in [3.63, 3.8) is 0 Å². The highest BCUT2D eigenvalue weighted by Gasteiger charge is 2.32. The first kappa shape index (κ1) is 24.3. The van der Waals surface area contributed by atoms with Gasteiger partial charge >= 0.3 is 6.16 Å². The zero-order valence-electron chi connectivity index (χ0n) is 20.5. The van der Waals surface area contributed by atoms with Crippen LogP contribution in [0, 0.1) is 0 Å². The van der Waals surface area contributed by atoms with E-state index in [1.54, 1.807) is 23.6 Å². The molecule has 3 aromatic rings. The van der Waals surface area contributed by atoms with E-state index >= 15 is 0 Å². The third kappa shape index (κ3) is 5.08. The van der Waals surface area contributed by atoms with Crippen LogP contribution in [-0.4, -0.2) is 76.8 Å². The Kier molecular flexibility index (Phi) is 6.93. The van der Waals surface area contributed by atoms with E-state index in [9.17, 15) is 9.59 Å². The van der Waals surface area contributed by atoms with Crippen molar-refractivity contribution in [1.29, 1.82) is 0 Å². The number of carbonyl (C=O) groups is 2. The second kappa shape index (κ2) is 10.3. The van der Waals surface area contributed by atoms with Crippen LogP contribution in [0.15, 0.2) is 54.1 Å². The lowest BCUT2D eigenvalue weighted by atomic mass is 9.96. The van der Waals surface area contributed by atoms with Crippen LogP contribution in [0.4, 0.5) is 10.5 Å². The summed E-state index contributed by atoms with van der Waals surface area (Å²) in [6.07, 6.45) is 3.33. The molecule has 0 saturated carbocycles. The lowest BCUT2D eigenvalue weighted by Crippen LogP contribution is -2.59. The molecule has 2 aromatic heterocycles. The maximum atomic E-state index is 13.2. The minimum absolute atomic E-state index is 0.0577. The summed E-state index contributed by atoms with van der Waals surface area (Å²) >= 11 is 1.76. The monoisotopic (exact) mass is 506 g/mol. The van der Waals surface area contributed by atoms with Gasteiger partial charge in [-0.15, -0.1) is 11.3 Å². The van der Waals surface area contributed by atoms with Gasteiger partial charge in [0.25, 0.3) is 0 Å². The first-order chi connectivity index (χ1) is 17.4. The van der Waals surface area contributed by atoms with Crippen molar-refractivity contribution in [2.75, 3.05) is 37.6 Å². The number of carbonyl (C=O) groups excluding carboxylic acids is 1. The summed E-state index contributed by atoms with van der Waals surface area (Å²) in [5.74, 6) is 0.227. The first-order valence-corrected chi connectivity index (χ1v) is 13.1. The minimum Gasteiger partial charge on any atom is -0.449 e. The Balaban J connectivity index is 1.19. The second-order valence-corrected chi connectivity index (χ2v) is 10.4. The summed E-state index contributed by atoms with van der Waals surface area (Å²) in [5.41, 5.74) is 3.52. The van der Waals surface area contributed by atoms with Crippen molar-refractivity contribution in [3.8, 4) is 5.88 Å². The molecule has 1 N–H and O–H groups in total. The molecule has 0 spiro atoms. The van der Waals surface area contributed by atoms with Gasteiger partial charge < -0.3 is 19.6 Å². The van der Waals surface area contributed by atoms with Gasteiger partial charge in [-0.25, -0.2) is 9.78 Å². The molecule has 2 atom stereocenters. The molecule has 2 aliphatic rings. The summed E-state index contributed by atoms with van der Waals surface area (Å²) in [6, 6.07) is 12.4. The number of fused-ring (bicyclic) bond motifs is 1. The predicted molar refractivity (Wildman–Crippen MR) is 142 cm³/mol. The molecule has 0 aliphatic carbocycles. The van der Waals surface area contributed by atoms with Crippen LogP contribution >= 0.6 is 11.3 Å². The van der Waals surface area contributed by atoms with Crippen LogP contribution in [0.1, 0.15) is 25.8 Å². The lowest BCUT2D eigenvalue weighted by molar-refractivity contribution is -0.133. The Morgan fingerprint density at radius 2 is 1.94 bits per heavy atom. The third-order valence-electron chi connectivity index (χ3n) is 7.10. The van der Waals surface area contributed by atoms with E-state index in [1.165, 1.54) is 21.2 Å². The van der Waals surface area contributed by atoms with Crippen molar-refractivity contribution < 1.29 is 19.4 Å². The van der Waals surface area contributed by atoms with Crippen LogP contribution in [0.2, 0.25) is 0 Å². The smallest absolute Gasteiger partial charge is 0.449 e. The summed E-state index contributed by atoms with van der Waals surface area (Å²) < 4.78 is 5.90. The van der Waals surface area contributed by atoms with Gasteiger partial charge in [-0.05, 0) is 60.4 Å². The molecule has 1 saturated heterocycles. The van der Waals surface area contributed by atoms with Crippen LogP contribution in [0.25, 0.3) is 15.7 Å². The maximum Gasteiger partial charge on any atom is 0.512 e. The molecular weight excluding hydrogens is 476 g/mol. The number of rotatable bonds is 5. The Morgan fingerprint density at radius 3 is 2.61 bits per heavy atom. The Morgan fingerprint density at radius 1 is 1.14 bits per heavy atom. The maximum absolute atomic E-state index is 13.2. The minimum atomic E-state index is -1.38. The van der Waals surface area contributed by atoms with E-state index in [2.05, 4.69) is 69.1 Å². The summed E-state index contributed by atoms with van der Waals surface area (Å²) in [4.78, 5) is 34.5. The largest absolute Gasteiger partial charge is 0.512 e. The molecule has 0 unspecified atom stereocenters. The molecule has 2 aliphatic heterocycles. The van der Waals surface area contributed by atoms with Crippen molar-refractivity contribution in [2.45, 2.75) is 32.4 Å². The number of piperazine rings is 1. The first-order valence-electron chi connectivity index (χ1n) is 12.2. The van der Waals surface area contributed by atoms with Gasteiger partial charge in [0, 0.05) is 49.0 Å². The van der Waals surface area contributed by atoms with Gasteiger partial charge in [0.2, 0.25) is 11.8 Å². The molecule has 188 valence electrons. The second-order valence-electron chi connectivity index (χ2n) is 9.46. The molecule has 36 heavy (non-hydrogen) atoms. The van der Waals surface area contributed by atoms with Gasteiger partial charge in [-0.2, -0.15) is 0 Å². The predicted octanol–water partition coefficient (Wildman–Crippen LogP) is 4.57. The standard InChI is InChI=1S/C27H30N4O4S/c1-18-15-30(21-6-7-25(28-14-21)35-27(33)34)16-19(2)31(18)17-26(32)29-11-8-20(9-12-29)22-4-3-5-24-23(22)10-13-36-24/h3-8,10,13-14,18-19H,9,11-12,15-17H2,1-2H3,(H,33,34)/t18-,19+. The number of nitrogens with zero attached hydrogens (tertiary/aromatic N) is 4. The number of benzene rings is 1. The number of aromatic nitrogens is 1. The van der Waals surface area contributed by atoms with Crippen LogP contribution in [0.3, 0.4) is 0 Å². The number of ether oxygens (including phenoxy) is 1. The van der Waals surface area contributed by atoms with Crippen molar-refractivity contribution >= 4 is 44.7 Å². The highest BCUT2D eigenvalue weighted by Crippen LogP contribution is 2.32. The molecule has 1 fully saturated rings. The van der Waals surface area contributed by atoms with Crippen molar-refractivity contribution in [1.82, 2.24) is 14.8 Å². The molecule has 4 heterocycles.